The highest BCUT2D eigenvalue weighted by molar-refractivity contribution is 5.82. The van der Waals surface area contributed by atoms with Gasteiger partial charge in [0, 0.05) is 30.0 Å². The van der Waals surface area contributed by atoms with Gasteiger partial charge in [0.25, 0.3) is 0 Å². The first-order chi connectivity index (χ1) is 8.24. The predicted molar refractivity (Wildman–Crippen MR) is 66.7 cm³/mol. The molecule has 17 heavy (non-hydrogen) atoms. The number of hydrogen-bond donors (Lipinski definition) is 1. The number of hydrogen-bond acceptors (Lipinski definition) is 2. The van der Waals surface area contributed by atoms with Crippen LogP contribution in [-0.4, -0.2) is 16.9 Å². The van der Waals surface area contributed by atoms with Gasteiger partial charge in [-0.3, -0.25) is 9.78 Å². The van der Waals surface area contributed by atoms with Gasteiger partial charge in [-0.25, -0.2) is 0 Å². The normalized spacial score (nSPS) is 23.9. The van der Waals surface area contributed by atoms with Crippen molar-refractivity contribution in [1.82, 2.24) is 10.3 Å². The lowest BCUT2D eigenvalue weighted by Crippen LogP contribution is -2.24. The molecule has 1 saturated heterocycles. The zero-order valence-corrected chi connectivity index (χ0v) is 9.68. The average molecular weight is 226 g/mol. The molecule has 1 N–H and O–H groups in total. The standard InChI is InChI=1S/C14H14N2O/c1-9-12(8-14(17)16-9)10-4-5-13-11(7-10)3-2-6-15-13/h2-7,9,12H,8H2,1H3,(H,16,17). The first-order valence-electron chi connectivity index (χ1n) is 5.88. The Bertz CT molecular complexity index is 579. The van der Waals surface area contributed by atoms with Crippen LogP contribution in [0.2, 0.25) is 0 Å². The van der Waals surface area contributed by atoms with Crippen molar-refractivity contribution in [3.63, 3.8) is 0 Å². The average Bonchev–Trinajstić information content (AvgIpc) is 2.68. The van der Waals surface area contributed by atoms with E-state index < -0.39 is 0 Å². The molecule has 1 aliphatic heterocycles. The van der Waals surface area contributed by atoms with E-state index >= 15 is 0 Å². The molecular formula is C14H14N2O. The van der Waals surface area contributed by atoms with Gasteiger partial charge in [0.2, 0.25) is 5.91 Å². The minimum atomic E-state index is 0.147. The minimum absolute atomic E-state index is 0.147. The van der Waals surface area contributed by atoms with Crippen molar-refractivity contribution < 1.29 is 4.79 Å². The smallest absolute Gasteiger partial charge is 0.220 e. The molecule has 3 heteroatoms. The van der Waals surface area contributed by atoms with Gasteiger partial charge in [-0.15, -0.1) is 0 Å². The number of amides is 1. The van der Waals surface area contributed by atoms with E-state index in [1.54, 1.807) is 6.20 Å². The van der Waals surface area contributed by atoms with Crippen LogP contribution in [0.1, 0.15) is 24.8 Å². The summed E-state index contributed by atoms with van der Waals surface area (Å²) in [7, 11) is 0. The summed E-state index contributed by atoms with van der Waals surface area (Å²) >= 11 is 0. The van der Waals surface area contributed by atoms with Crippen LogP contribution in [0.25, 0.3) is 10.9 Å². The Morgan fingerprint density at radius 1 is 1.35 bits per heavy atom. The number of carbonyl (C=O) groups excluding carboxylic acids is 1. The highest BCUT2D eigenvalue weighted by Crippen LogP contribution is 2.29. The second kappa shape index (κ2) is 3.84. The van der Waals surface area contributed by atoms with E-state index in [4.69, 9.17) is 0 Å². The molecule has 0 bridgehead atoms. The number of carbonyl (C=O) groups is 1. The minimum Gasteiger partial charge on any atom is -0.353 e. The molecule has 86 valence electrons. The lowest BCUT2D eigenvalue weighted by atomic mass is 9.92. The summed E-state index contributed by atoms with van der Waals surface area (Å²) in [5, 5.41) is 4.09. The topological polar surface area (TPSA) is 42.0 Å². The SMILES string of the molecule is CC1NC(=O)CC1c1ccc2ncccc2c1. The largest absolute Gasteiger partial charge is 0.353 e. The number of benzene rings is 1. The fourth-order valence-corrected chi connectivity index (χ4v) is 2.52. The van der Waals surface area contributed by atoms with Gasteiger partial charge in [-0.05, 0) is 30.7 Å². The zero-order chi connectivity index (χ0) is 11.8. The maximum Gasteiger partial charge on any atom is 0.220 e. The summed E-state index contributed by atoms with van der Waals surface area (Å²) in [4.78, 5) is 15.7. The van der Waals surface area contributed by atoms with Gasteiger partial charge in [0.05, 0.1) is 5.52 Å². The number of nitrogens with one attached hydrogen (secondary N) is 1. The molecule has 1 aliphatic rings. The fourth-order valence-electron chi connectivity index (χ4n) is 2.52. The molecule has 0 radical (unpaired) electrons. The molecule has 3 nitrogen and oxygen atoms in total. The summed E-state index contributed by atoms with van der Waals surface area (Å²) < 4.78 is 0. The van der Waals surface area contributed by atoms with Crippen LogP contribution < -0.4 is 5.32 Å². The number of aromatic nitrogens is 1. The molecule has 0 spiro atoms. The van der Waals surface area contributed by atoms with E-state index in [0.29, 0.717) is 6.42 Å². The molecule has 3 rings (SSSR count). The van der Waals surface area contributed by atoms with Crippen LogP contribution in [0.3, 0.4) is 0 Å². The lowest BCUT2D eigenvalue weighted by Gasteiger charge is -2.14. The van der Waals surface area contributed by atoms with E-state index in [1.165, 1.54) is 5.56 Å². The van der Waals surface area contributed by atoms with Crippen LogP contribution in [0.5, 0.6) is 0 Å². The Hall–Kier alpha value is -1.90. The van der Waals surface area contributed by atoms with E-state index in [9.17, 15) is 4.79 Å². The fraction of sp³-hybridized carbons (Fsp3) is 0.286. The van der Waals surface area contributed by atoms with Crippen molar-refractivity contribution in [2.24, 2.45) is 0 Å². The quantitative estimate of drug-likeness (QED) is 0.810. The monoisotopic (exact) mass is 226 g/mol. The molecule has 2 atom stereocenters. The number of fused-ring (bicyclic) bond motifs is 1. The van der Waals surface area contributed by atoms with E-state index in [1.807, 2.05) is 12.1 Å². The van der Waals surface area contributed by atoms with Crippen molar-refractivity contribution >= 4 is 16.8 Å². The number of nitrogens with zero attached hydrogens (tertiary/aromatic N) is 1. The van der Waals surface area contributed by atoms with Crippen molar-refractivity contribution in [3.05, 3.63) is 42.1 Å². The zero-order valence-electron chi connectivity index (χ0n) is 9.68. The van der Waals surface area contributed by atoms with Gasteiger partial charge in [-0.2, -0.15) is 0 Å². The molecule has 0 saturated carbocycles. The first kappa shape index (κ1) is 10.3. The maximum atomic E-state index is 11.4. The van der Waals surface area contributed by atoms with Gasteiger partial charge < -0.3 is 5.32 Å². The first-order valence-corrected chi connectivity index (χ1v) is 5.88. The molecule has 2 unspecified atom stereocenters. The molecule has 1 fully saturated rings. The molecule has 2 heterocycles. The maximum absolute atomic E-state index is 11.4. The highest BCUT2D eigenvalue weighted by atomic mass is 16.1. The van der Waals surface area contributed by atoms with Crippen LogP contribution >= 0.6 is 0 Å². The van der Waals surface area contributed by atoms with E-state index in [-0.39, 0.29) is 17.9 Å². The van der Waals surface area contributed by atoms with Gasteiger partial charge in [0.15, 0.2) is 0 Å². The molecule has 1 amide bonds. The van der Waals surface area contributed by atoms with Crippen LogP contribution in [0.15, 0.2) is 36.5 Å². The second-order valence-corrected chi connectivity index (χ2v) is 4.62. The number of rotatable bonds is 1. The highest BCUT2D eigenvalue weighted by Gasteiger charge is 2.30. The van der Waals surface area contributed by atoms with Crippen molar-refractivity contribution in [2.45, 2.75) is 25.3 Å². The molecule has 0 aliphatic carbocycles. The van der Waals surface area contributed by atoms with Crippen LogP contribution in [0, 0.1) is 0 Å². The summed E-state index contributed by atoms with van der Waals surface area (Å²) in [5.41, 5.74) is 2.22. The van der Waals surface area contributed by atoms with Crippen molar-refractivity contribution in [2.75, 3.05) is 0 Å². The molecular weight excluding hydrogens is 212 g/mol. The molecule has 2 aromatic rings. The van der Waals surface area contributed by atoms with Crippen molar-refractivity contribution in [3.8, 4) is 0 Å². The Morgan fingerprint density at radius 2 is 2.24 bits per heavy atom. The Morgan fingerprint density at radius 3 is 3.00 bits per heavy atom. The Balaban J connectivity index is 2.03. The third-order valence-corrected chi connectivity index (χ3v) is 3.45. The van der Waals surface area contributed by atoms with E-state index in [0.717, 1.165) is 10.9 Å². The summed E-state index contributed by atoms with van der Waals surface area (Å²) in [6.45, 7) is 2.06. The summed E-state index contributed by atoms with van der Waals surface area (Å²) in [6, 6.07) is 10.5. The van der Waals surface area contributed by atoms with Gasteiger partial charge in [-0.1, -0.05) is 12.1 Å². The summed E-state index contributed by atoms with van der Waals surface area (Å²) in [5.74, 6) is 0.431. The van der Waals surface area contributed by atoms with E-state index in [2.05, 4.69) is 35.4 Å². The van der Waals surface area contributed by atoms with Gasteiger partial charge >= 0.3 is 0 Å². The van der Waals surface area contributed by atoms with Crippen LogP contribution in [-0.2, 0) is 4.79 Å². The Labute approximate surface area is 99.9 Å². The predicted octanol–water partition coefficient (Wildman–Crippen LogP) is 2.23. The van der Waals surface area contributed by atoms with Gasteiger partial charge in [0.1, 0.15) is 0 Å². The summed E-state index contributed by atoms with van der Waals surface area (Å²) in [6.07, 6.45) is 2.39. The molecule has 1 aromatic heterocycles. The third kappa shape index (κ3) is 1.78. The van der Waals surface area contributed by atoms with Crippen LogP contribution in [0.4, 0.5) is 0 Å². The molecule has 1 aromatic carbocycles. The second-order valence-electron chi connectivity index (χ2n) is 4.62. The third-order valence-electron chi connectivity index (χ3n) is 3.45. The lowest BCUT2D eigenvalue weighted by molar-refractivity contribution is -0.119. The number of pyridine rings is 1. The van der Waals surface area contributed by atoms with Crippen molar-refractivity contribution in [1.29, 1.82) is 0 Å². The Kier molecular flexibility index (Phi) is 2.32.